The minimum absolute atomic E-state index is 0.0885. The van der Waals surface area contributed by atoms with Crippen molar-refractivity contribution in [2.24, 2.45) is 7.05 Å². The van der Waals surface area contributed by atoms with Crippen LogP contribution in [0.4, 0.5) is 0 Å². The van der Waals surface area contributed by atoms with Crippen molar-refractivity contribution in [3.8, 4) is 0 Å². The van der Waals surface area contributed by atoms with Crippen LogP contribution in [0.5, 0.6) is 0 Å². The van der Waals surface area contributed by atoms with Crippen molar-refractivity contribution in [2.45, 2.75) is 27.7 Å². The standard InChI is InChI=1S/C8H11NO.C2H6/c1-6-4-7(2)8(10)9(3)5-6;1-2/h4-5H,1-3H3;1-2H3. The molecule has 1 aromatic heterocycles. The van der Waals surface area contributed by atoms with Crippen LogP contribution < -0.4 is 5.56 Å². The van der Waals surface area contributed by atoms with E-state index < -0.39 is 0 Å². The van der Waals surface area contributed by atoms with E-state index in [4.69, 9.17) is 0 Å². The summed E-state index contributed by atoms with van der Waals surface area (Å²) in [5.41, 5.74) is 2.02. The molecule has 0 spiro atoms. The monoisotopic (exact) mass is 167 g/mol. The quantitative estimate of drug-likeness (QED) is 0.579. The van der Waals surface area contributed by atoms with Crippen LogP contribution in [0, 0.1) is 13.8 Å². The Hall–Kier alpha value is -1.05. The molecule has 0 saturated heterocycles. The molecule has 1 aromatic rings. The Balaban J connectivity index is 0.000000561. The minimum atomic E-state index is 0.0885. The van der Waals surface area contributed by atoms with E-state index in [9.17, 15) is 4.79 Å². The molecule has 0 aromatic carbocycles. The van der Waals surface area contributed by atoms with Crippen molar-refractivity contribution < 1.29 is 0 Å². The molecule has 68 valence electrons. The summed E-state index contributed by atoms with van der Waals surface area (Å²) in [5, 5.41) is 0. The van der Waals surface area contributed by atoms with E-state index in [-0.39, 0.29) is 5.56 Å². The topological polar surface area (TPSA) is 22.0 Å². The molecule has 0 bridgehead atoms. The van der Waals surface area contributed by atoms with Gasteiger partial charge in [0.2, 0.25) is 0 Å². The summed E-state index contributed by atoms with van der Waals surface area (Å²) in [4.78, 5) is 11.1. The van der Waals surface area contributed by atoms with E-state index in [0.29, 0.717) is 0 Å². The zero-order valence-electron chi connectivity index (χ0n) is 8.51. The van der Waals surface area contributed by atoms with Gasteiger partial charge in [-0.05, 0) is 25.5 Å². The number of hydrogen-bond acceptors (Lipinski definition) is 1. The molecule has 0 unspecified atom stereocenters. The predicted molar refractivity (Wildman–Crippen MR) is 52.5 cm³/mol. The van der Waals surface area contributed by atoms with Gasteiger partial charge in [-0.25, -0.2) is 0 Å². The highest BCUT2D eigenvalue weighted by molar-refractivity contribution is 5.15. The van der Waals surface area contributed by atoms with E-state index in [0.717, 1.165) is 11.1 Å². The molecule has 2 heteroatoms. The molecule has 0 aliphatic rings. The molecule has 0 fully saturated rings. The number of nitrogens with zero attached hydrogens (tertiary/aromatic N) is 1. The molecule has 0 atom stereocenters. The van der Waals surface area contributed by atoms with Crippen molar-refractivity contribution >= 4 is 0 Å². The van der Waals surface area contributed by atoms with Gasteiger partial charge in [0.15, 0.2) is 0 Å². The molecule has 2 nitrogen and oxygen atoms in total. The second-order valence-corrected chi connectivity index (χ2v) is 2.62. The maximum Gasteiger partial charge on any atom is 0.253 e. The molecule has 0 N–H and O–H groups in total. The molecule has 0 amide bonds. The Bertz CT molecular complexity index is 273. The van der Waals surface area contributed by atoms with Gasteiger partial charge in [-0.1, -0.05) is 13.8 Å². The molecule has 0 saturated carbocycles. The van der Waals surface area contributed by atoms with E-state index in [1.54, 1.807) is 11.6 Å². The van der Waals surface area contributed by atoms with Gasteiger partial charge in [0.05, 0.1) is 0 Å². The number of pyridine rings is 1. The lowest BCUT2D eigenvalue weighted by atomic mass is 10.2. The first-order valence-electron chi connectivity index (χ1n) is 4.25. The van der Waals surface area contributed by atoms with Gasteiger partial charge < -0.3 is 4.57 Å². The van der Waals surface area contributed by atoms with Crippen LogP contribution in [0.1, 0.15) is 25.0 Å². The van der Waals surface area contributed by atoms with Crippen LogP contribution in [0.3, 0.4) is 0 Å². The first-order chi connectivity index (χ1) is 5.61. The fourth-order valence-electron chi connectivity index (χ4n) is 1.08. The van der Waals surface area contributed by atoms with Crippen LogP contribution in [-0.4, -0.2) is 4.57 Å². The molecular formula is C10H17NO. The second kappa shape index (κ2) is 4.75. The van der Waals surface area contributed by atoms with Gasteiger partial charge >= 0.3 is 0 Å². The highest BCUT2D eigenvalue weighted by Gasteiger charge is 1.94. The lowest BCUT2D eigenvalue weighted by Gasteiger charge is -1.99. The largest absolute Gasteiger partial charge is 0.318 e. The Labute approximate surface area is 73.9 Å². The van der Waals surface area contributed by atoms with Crippen LogP contribution in [0.15, 0.2) is 17.1 Å². The smallest absolute Gasteiger partial charge is 0.253 e. The minimum Gasteiger partial charge on any atom is -0.318 e. The molecular weight excluding hydrogens is 150 g/mol. The highest BCUT2D eigenvalue weighted by Crippen LogP contribution is 1.94. The van der Waals surface area contributed by atoms with Crippen LogP contribution >= 0.6 is 0 Å². The van der Waals surface area contributed by atoms with Crippen molar-refractivity contribution in [2.75, 3.05) is 0 Å². The summed E-state index contributed by atoms with van der Waals surface area (Å²) >= 11 is 0. The van der Waals surface area contributed by atoms with Crippen molar-refractivity contribution in [1.29, 1.82) is 0 Å². The summed E-state index contributed by atoms with van der Waals surface area (Å²) in [5.74, 6) is 0. The van der Waals surface area contributed by atoms with Gasteiger partial charge in [-0.2, -0.15) is 0 Å². The van der Waals surface area contributed by atoms with E-state index in [1.165, 1.54) is 0 Å². The summed E-state index contributed by atoms with van der Waals surface area (Å²) in [6.45, 7) is 7.81. The third kappa shape index (κ3) is 2.53. The van der Waals surface area contributed by atoms with E-state index in [1.807, 2.05) is 40.0 Å². The van der Waals surface area contributed by atoms with E-state index in [2.05, 4.69) is 0 Å². The van der Waals surface area contributed by atoms with E-state index >= 15 is 0 Å². The average molecular weight is 167 g/mol. The number of hydrogen-bond donors (Lipinski definition) is 0. The maximum atomic E-state index is 11.1. The SMILES string of the molecule is CC.Cc1cc(C)c(=O)n(C)c1. The van der Waals surface area contributed by atoms with Gasteiger partial charge in [0.25, 0.3) is 5.56 Å². The number of aryl methyl sites for hydroxylation is 3. The number of aromatic nitrogens is 1. The lowest BCUT2D eigenvalue weighted by molar-refractivity contribution is 0.840. The first-order valence-corrected chi connectivity index (χ1v) is 4.25. The van der Waals surface area contributed by atoms with Gasteiger partial charge in [0, 0.05) is 18.8 Å². The Morgan fingerprint density at radius 2 is 1.75 bits per heavy atom. The van der Waals surface area contributed by atoms with Crippen LogP contribution in [-0.2, 0) is 7.05 Å². The Morgan fingerprint density at radius 3 is 2.17 bits per heavy atom. The highest BCUT2D eigenvalue weighted by atomic mass is 16.1. The molecule has 0 aliphatic carbocycles. The lowest BCUT2D eigenvalue weighted by Crippen LogP contribution is -2.18. The zero-order valence-corrected chi connectivity index (χ0v) is 8.51. The van der Waals surface area contributed by atoms with Gasteiger partial charge in [-0.3, -0.25) is 4.79 Å². The molecule has 1 heterocycles. The van der Waals surface area contributed by atoms with Gasteiger partial charge in [0.1, 0.15) is 0 Å². The summed E-state index contributed by atoms with van der Waals surface area (Å²) in [7, 11) is 1.77. The maximum absolute atomic E-state index is 11.1. The summed E-state index contributed by atoms with van der Waals surface area (Å²) in [6, 6.07) is 1.89. The molecule has 1 rings (SSSR count). The Morgan fingerprint density at radius 1 is 1.25 bits per heavy atom. The van der Waals surface area contributed by atoms with Gasteiger partial charge in [-0.15, -0.1) is 0 Å². The van der Waals surface area contributed by atoms with Crippen LogP contribution in [0.2, 0.25) is 0 Å². The second-order valence-electron chi connectivity index (χ2n) is 2.62. The van der Waals surface area contributed by atoms with Crippen LogP contribution in [0.25, 0.3) is 0 Å². The zero-order chi connectivity index (χ0) is 9.72. The molecule has 0 aliphatic heterocycles. The predicted octanol–water partition coefficient (Wildman–Crippen LogP) is 2.03. The summed E-state index contributed by atoms with van der Waals surface area (Å²) < 4.78 is 1.60. The van der Waals surface area contributed by atoms with Crippen molar-refractivity contribution in [3.05, 3.63) is 33.7 Å². The molecule has 0 radical (unpaired) electrons. The summed E-state index contributed by atoms with van der Waals surface area (Å²) in [6.07, 6.45) is 1.83. The third-order valence-corrected chi connectivity index (χ3v) is 1.50. The van der Waals surface area contributed by atoms with Crippen molar-refractivity contribution in [3.63, 3.8) is 0 Å². The molecule has 12 heavy (non-hydrogen) atoms. The third-order valence-electron chi connectivity index (χ3n) is 1.50. The Kier molecular flexibility index (Phi) is 4.34. The van der Waals surface area contributed by atoms with Crippen molar-refractivity contribution in [1.82, 2.24) is 4.57 Å². The normalized spacial score (nSPS) is 8.75. The fraction of sp³-hybridized carbons (Fsp3) is 0.500. The first kappa shape index (κ1) is 11.0. The average Bonchev–Trinajstić information content (AvgIpc) is 2.04. The fourth-order valence-corrected chi connectivity index (χ4v) is 1.08. The number of rotatable bonds is 0.